The van der Waals surface area contributed by atoms with Crippen molar-refractivity contribution >= 4 is 17.7 Å². The average molecular weight is 410 g/mol. The predicted octanol–water partition coefficient (Wildman–Crippen LogP) is 3.41. The van der Waals surface area contributed by atoms with E-state index in [0.29, 0.717) is 30.8 Å². The second kappa shape index (κ2) is 7.82. The summed E-state index contributed by atoms with van der Waals surface area (Å²) in [6.45, 7) is 0.897. The SMILES string of the molecule is O=C(OCC(=O)C12CC3CC(CC(C3)C1)C2)[C@H]1CC(=O)N(CCc2ccccc2)C1. The third-order valence-corrected chi connectivity index (χ3v) is 8.04. The zero-order chi connectivity index (χ0) is 20.7. The topological polar surface area (TPSA) is 63.7 Å². The van der Waals surface area contributed by atoms with Crippen molar-refractivity contribution in [3.8, 4) is 0 Å². The minimum Gasteiger partial charge on any atom is -0.457 e. The van der Waals surface area contributed by atoms with Crippen LogP contribution in [-0.4, -0.2) is 42.3 Å². The Kier molecular flexibility index (Phi) is 5.16. The Labute approximate surface area is 178 Å². The lowest BCUT2D eigenvalue weighted by Crippen LogP contribution is -2.51. The molecule has 1 amide bonds. The van der Waals surface area contributed by atoms with E-state index in [1.54, 1.807) is 4.90 Å². The molecule has 5 heteroatoms. The first-order chi connectivity index (χ1) is 14.5. The van der Waals surface area contributed by atoms with Crippen molar-refractivity contribution in [1.29, 1.82) is 0 Å². The fourth-order valence-electron chi connectivity index (χ4n) is 6.91. The molecule has 4 bridgehead atoms. The van der Waals surface area contributed by atoms with Gasteiger partial charge in [-0.15, -0.1) is 0 Å². The zero-order valence-corrected chi connectivity index (χ0v) is 17.6. The monoisotopic (exact) mass is 409 g/mol. The first-order valence-electron chi connectivity index (χ1n) is 11.5. The smallest absolute Gasteiger partial charge is 0.311 e. The second-order valence-corrected chi connectivity index (χ2v) is 10.2. The number of ether oxygens (including phenoxy) is 1. The minimum atomic E-state index is -0.447. The van der Waals surface area contributed by atoms with Crippen LogP contribution in [0.4, 0.5) is 0 Å². The van der Waals surface area contributed by atoms with E-state index in [1.807, 2.05) is 30.3 Å². The number of hydrogen-bond donors (Lipinski definition) is 0. The van der Waals surface area contributed by atoms with E-state index in [2.05, 4.69) is 0 Å². The maximum absolute atomic E-state index is 13.0. The fourth-order valence-corrected chi connectivity index (χ4v) is 6.91. The van der Waals surface area contributed by atoms with Crippen molar-refractivity contribution in [2.24, 2.45) is 29.1 Å². The van der Waals surface area contributed by atoms with Crippen LogP contribution in [0.3, 0.4) is 0 Å². The molecule has 30 heavy (non-hydrogen) atoms. The number of amides is 1. The van der Waals surface area contributed by atoms with E-state index >= 15 is 0 Å². The maximum atomic E-state index is 13.0. The maximum Gasteiger partial charge on any atom is 0.311 e. The van der Waals surface area contributed by atoms with Crippen LogP contribution in [0, 0.1) is 29.1 Å². The van der Waals surface area contributed by atoms with Crippen molar-refractivity contribution in [2.45, 2.75) is 51.4 Å². The van der Waals surface area contributed by atoms with E-state index in [1.165, 1.54) is 24.8 Å². The highest BCUT2D eigenvalue weighted by molar-refractivity contribution is 5.90. The molecule has 4 saturated carbocycles. The van der Waals surface area contributed by atoms with E-state index in [4.69, 9.17) is 4.74 Å². The first-order valence-corrected chi connectivity index (χ1v) is 11.5. The lowest BCUT2D eigenvalue weighted by Gasteiger charge is -2.55. The van der Waals surface area contributed by atoms with Gasteiger partial charge in [0.1, 0.15) is 0 Å². The lowest BCUT2D eigenvalue weighted by atomic mass is 9.48. The van der Waals surface area contributed by atoms with Gasteiger partial charge in [0.2, 0.25) is 5.91 Å². The van der Waals surface area contributed by atoms with Gasteiger partial charge in [-0.3, -0.25) is 14.4 Å². The molecule has 1 aromatic carbocycles. The van der Waals surface area contributed by atoms with Crippen molar-refractivity contribution in [3.05, 3.63) is 35.9 Å². The van der Waals surface area contributed by atoms with Crippen LogP contribution >= 0.6 is 0 Å². The highest BCUT2D eigenvalue weighted by atomic mass is 16.5. The van der Waals surface area contributed by atoms with Gasteiger partial charge in [-0.05, 0) is 68.3 Å². The third kappa shape index (κ3) is 3.79. The number of benzene rings is 1. The number of carbonyl (C=O) groups excluding carboxylic acids is 3. The Morgan fingerprint density at radius 2 is 1.63 bits per heavy atom. The molecule has 1 saturated heterocycles. The van der Waals surface area contributed by atoms with Crippen LogP contribution in [0.2, 0.25) is 0 Å². The molecule has 5 fully saturated rings. The number of hydrogen-bond acceptors (Lipinski definition) is 4. The van der Waals surface area contributed by atoms with Crippen molar-refractivity contribution < 1.29 is 19.1 Å². The van der Waals surface area contributed by atoms with Crippen LogP contribution in [0.15, 0.2) is 30.3 Å². The van der Waals surface area contributed by atoms with Crippen molar-refractivity contribution in [1.82, 2.24) is 4.90 Å². The molecule has 5 aliphatic rings. The van der Waals surface area contributed by atoms with Gasteiger partial charge in [0.05, 0.1) is 5.92 Å². The van der Waals surface area contributed by atoms with E-state index in [-0.39, 0.29) is 36.1 Å². The molecular formula is C25H31NO4. The standard InChI is InChI=1S/C25H31NO4/c27-22(25-12-18-8-19(13-25)10-20(9-18)14-25)16-30-24(29)21-11-23(28)26(15-21)7-6-17-4-2-1-3-5-17/h1-5,18-21H,6-16H2/t18?,19?,20?,21-,25?/m0/s1. The molecule has 4 aliphatic carbocycles. The molecule has 1 aromatic rings. The Morgan fingerprint density at radius 1 is 1.00 bits per heavy atom. The molecule has 5 nitrogen and oxygen atoms in total. The summed E-state index contributed by atoms with van der Waals surface area (Å²) in [6.07, 6.45) is 7.80. The summed E-state index contributed by atoms with van der Waals surface area (Å²) in [5, 5.41) is 0. The quantitative estimate of drug-likeness (QED) is 0.648. The summed E-state index contributed by atoms with van der Waals surface area (Å²) in [5.74, 6) is 1.38. The van der Waals surface area contributed by atoms with Gasteiger partial charge < -0.3 is 9.64 Å². The van der Waals surface area contributed by atoms with Crippen LogP contribution in [0.25, 0.3) is 0 Å². The Hall–Kier alpha value is -2.17. The minimum absolute atomic E-state index is 0.000270. The third-order valence-electron chi connectivity index (χ3n) is 8.04. The van der Waals surface area contributed by atoms with Gasteiger partial charge in [0.15, 0.2) is 12.4 Å². The Balaban J connectivity index is 1.12. The highest BCUT2D eigenvalue weighted by Gasteiger charge is 2.54. The molecule has 0 aromatic heterocycles. The molecule has 160 valence electrons. The number of ketones is 1. The highest BCUT2D eigenvalue weighted by Crippen LogP contribution is 2.60. The van der Waals surface area contributed by atoms with E-state index in [9.17, 15) is 14.4 Å². The molecule has 1 atom stereocenters. The number of Topliss-reactive ketones (excluding diaryl/α,β-unsaturated/α-hetero) is 1. The molecule has 1 heterocycles. The molecular weight excluding hydrogens is 378 g/mol. The summed E-state index contributed by atoms with van der Waals surface area (Å²) in [5.41, 5.74) is 0.944. The molecule has 0 radical (unpaired) electrons. The molecule has 0 N–H and O–H groups in total. The summed E-state index contributed by atoms with van der Waals surface area (Å²) in [7, 11) is 0. The van der Waals surface area contributed by atoms with Gasteiger partial charge in [0.25, 0.3) is 0 Å². The molecule has 0 spiro atoms. The summed E-state index contributed by atoms with van der Waals surface area (Å²) >= 11 is 0. The average Bonchev–Trinajstić information content (AvgIpc) is 3.10. The van der Waals surface area contributed by atoms with Gasteiger partial charge >= 0.3 is 5.97 Å². The van der Waals surface area contributed by atoms with Crippen LogP contribution in [0.1, 0.15) is 50.5 Å². The van der Waals surface area contributed by atoms with Gasteiger partial charge in [-0.2, -0.15) is 0 Å². The van der Waals surface area contributed by atoms with Gasteiger partial charge in [-0.25, -0.2) is 0 Å². The number of rotatable bonds is 7. The van der Waals surface area contributed by atoms with Crippen LogP contribution < -0.4 is 0 Å². The second-order valence-electron chi connectivity index (χ2n) is 10.2. The number of likely N-dealkylation sites (tertiary alicyclic amines) is 1. The molecule has 1 aliphatic heterocycles. The molecule has 0 unspecified atom stereocenters. The number of esters is 1. The van der Waals surface area contributed by atoms with Crippen molar-refractivity contribution in [2.75, 3.05) is 19.7 Å². The largest absolute Gasteiger partial charge is 0.457 e. The van der Waals surface area contributed by atoms with Crippen LogP contribution in [-0.2, 0) is 25.5 Å². The summed E-state index contributed by atoms with van der Waals surface area (Å²) in [6, 6.07) is 10.0. The van der Waals surface area contributed by atoms with Crippen LogP contribution in [0.5, 0.6) is 0 Å². The van der Waals surface area contributed by atoms with Crippen molar-refractivity contribution in [3.63, 3.8) is 0 Å². The Morgan fingerprint density at radius 3 is 2.27 bits per heavy atom. The molecule has 6 rings (SSSR count). The fraction of sp³-hybridized carbons (Fsp3) is 0.640. The summed E-state index contributed by atoms with van der Waals surface area (Å²) < 4.78 is 5.47. The first kappa shape index (κ1) is 19.8. The van der Waals surface area contributed by atoms with E-state index < -0.39 is 5.92 Å². The summed E-state index contributed by atoms with van der Waals surface area (Å²) in [4.78, 5) is 39.7. The van der Waals surface area contributed by atoms with E-state index in [0.717, 1.165) is 25.7 Å². The Bertz CT molecular complexity index is 798. The predicted molar refractivity (Wildman–Crippen MR) is 111 cm³/mol. The van der Waals surface area contributed by atoms with Gasteiger partial charge in [0, 0.05) is 24.9 Å². The number of nitrogens with zero attached hydrogens (tertiary/aromatic N) is 1. The van der Waals surface area contributed by atoms with Gasteiger partial charge in [-0.1, -0.05) is 30.3 Å². The normalized spacial score (nSPS) is 34.4. The lowest BCUT2D eigenvalue weighted by molar-refractivity contribution is -0.160. The number of carbonyl (C=O) groups is 3. The zero-order valence-electron chi connectivity index (χ0n) is 17.6.